The highest BCUT2D eigenvalue weighted by Gasteiger charge is 2.28. The molecule has 4 rings (SSSR count). The zero-order valence-corrected chi connectivity index (χ0v) is 15.2. The van der Waals surface area contributed by atoms with Crippen LogP contribution in [0.15, 0.2) is 85.4 Å². The Morgan fingerprint density at radius 3 is 2.30 bits per heavy atom. The molecule has 0 radical (unpaired) electrons. The van der Waals surface area contributed by atoms with E-state index in [1.54, 1.807) is 24.7 Å². The lowest BCUT2D eigenvalue weighted by Crippen LogP contribution is -2.38. The Morgan fingerprint density at radius 1 is 0.926 bits per heavy atom. The van der Waals surface area contributed by atoms with Crippen LogP contribution in [0.5, 0.6) is 0 Å². The molecule has 2 aromatic carbocycles. The Bertz CT molecular complexity index is 954. The number of nitrogens with zero attached hydrogens (tertiary/aromatic N) is 2. The third kappa shape index (κ3) is 3.86. The molecule has 1 unspecified atom stereocenters. The molecule has 1 atom stereocenters. The fourth-order valence-electron chi connectivity index (χ4n) is 3.03. The second kappa shape index (κ2) is 7.64. The van der Waals surface area contributed by atoms with Gasteiger partial charge in [-0.15, -0.1) is 5.06 Å². The molecule has 134 valence electrons. The van der Waals surface area contributed by atoms with Crippen LogP contribution in [0.2, 0.25) is 5.02 Å². The lowest BCUT2D eigenvalue weighted by molar-refractivity contribution is -0.127. The lowest BCUT2D eigenvalue weighted by Gasteiger charge is -2.27. The Morgan fingerprint density at radius 2 is 1.59 bits per heavy atom. The van der Waals surface area contributed by atoms with Crippen molar-refractivity contribution < 1.29 is 9.63 Å². The molecule has 27 heavy (non-hydrogen) atoms. The van der Waals surface area contributed by atoms with Gasteiger partial charge in [-0.3, -0.25) is 9.78 Å². The summed E-state index contributed by atoms with van der Waals surface area (Å²) in [5.74, 6) is -0.371. The van der Waals surface area contributed by atoms with Crippen LogP contribution in [0, 0.1) is 5.92 Å². The number of hydrogen-bond acceptors (Lipinski definition) is 3. The van der Waals surface area contributed by atoms with E-state index in [0.717, 1.165) is 16.7 Å². The van der Waals surface area contributed by atoms with Gasteiger partial charge in [0, 0.05) is 17.4 Å². The number of carbonyl (C=O) groups excluding carboxylic acids is 1. The van der Waals surface area contributed by atoms with Gasteiger partial charge in [0.05, 0.1) is 11.6 Å². The summed E-state index contributed by atoms with van der Waals surface area (Å²) in [5, 5.41) is 2.03. The van der Waals surface area contributed by atoms with Gasteiger partial charge in [-0.2, -0.15) is 0 Å². The summed E-state index contributed by atoms with van der Waals surface area (Å²) in [5.41, 5.74) is 3.88. The summed E-state index contributed by atoms with van der Waals surface area (Å²) >= 11 is 5.93. The first-order chi connectivity index (χ1) is 13.2. The Hall–Kier alpha value is -3.11. The SMILES string of the molecule is O=C1C(Cc2ccc(Cl)cc2)C=CON1c1ccc(-c2ccncc2)cc1. The monoisotopic (exact) mass is 376 g/mol. The summed E-state index contributed by atoms with van der Waals surface area (Å²) in [6.07, 6.45) is 7.47. The van der Waals surface area contributed by atoms with Crippen molar-refractivity contribution in [1.29, 1.82) is 0 Å². The van der Waals surface area contributed by atoms with Crippen LogP contribution in [0.25, 0.3) is 11.1 Å². The van der Waals surface area contributed by atoms with Crippen molar-refractivity contribution in [2.24, 2.45) is 5.92 Å². The van der Waals surface area contributed by atoms with E-state index in [9.17, 15) is 4.79 Å². The Labute approximate surface area is 162 Å². The average Bonchev–Trinajstić information content (AvgIpc) is 2.72. The first-order valence-corrected chi connectivity index (χ1v) is 9.01. The number of amides is 1. The van der Waals surface area contributed by atoms with Crippen LogP contribution in [0.3, 0.4) is 0 Å². The third-order valence-electron chi connectivity index (χ3n) is 4.48. The van der Waals surface area contributed by atoms with E-state index in [1.807, 2.05) is 60.7 Å². The highest BCUT2D eigenvalue weighted by Crippen LogP contribution is 2.27. The maximum absolute atomic E-state index is 12.9. The minimum atomic E-state index is -0.278. The number of halogens is 1. The van der Waals surface area contributed by atoms with Crippen LogP contribution in [0.4, 0.5) is 5.69 Å². The van der Waals surface area contributed by atoms with Crippen molar-refractivity contribution in [3.05, 3.63) is 96.0 Å². The highest BCUT2D eigenvalue weighted by atomic mass is 35.5. The van der Waals surface area contributed by atoms with E-state index in [2.05, 4.69) is 4.98 Å². The number of carbonyl (C=O) groups is 1. The molecule has 4 nitrogen and oxygen atoms in total. The van der Waals surface area contributed by atoms with E-state index in [1.165, 1.54) is 5.06 Å². The molecule has 1 aliphatic heterocycles. The molecular weight excluding hydrogens is 360 g/mol. The smallest absolute Gasteiger partial charge is 0.267 e. The maximum Gasteiger partial charge on any atom is 0.267 e. The molecule has 2 heterocycles. The van der Waals surface area contributed by atoms with E-state index in [0.29, 0.717) is 17.1 Å². The standard InChI is InChI=1S/C22H17ClN2O2/c23-20-5-1-16(2-6-20)15-19-11-14-27-25(22(19)26)21-7-3-17(4-8-21)18-9-12-24-13-10-18/h1-14,19H,15H2. The number of benzene rings is 2. The quantitative estimate of drug-likeness (QED) is 0.639. The third-order valence-corrected chi connectivity index (χ3v) is 4.73. The van der Waals surface area contributed by atoms with Gasteiger partial charge in [0.25, 0.3) is 5.91 Å². The normalized spacial score (nSPS) is 16.3. The molecule has 1 amide bonds. The van der Waals surface area contributed by atoms with Gasteiger partial charge in [-0.05, 0) is 65.6 Å². The van der Waals surface area contributed by atoms with Gasteiger partial charge < -0.3 is 4.84 Å². The van der Waals surface area contributed by atoms with E-state index < -0.39 is 0 Å². The summed E-state index contributed by atoms with van der Waals surface area (Å²) in [6, 6.07) is 19.1. The van der Waals surface area contributed by atoms with Crippen molar-refractivity contribution in [1.82, 2.24) is 4.98 Å². The van der Waals surface area contributed by atoms with E-state index >= 15 is 0 Å². The van der Waals surface area contributed by atoms with Crippen molar-refractivity contribution in [2.75, 3.05) is 5.06 Å². The van der Waals surface area contributed by atoms with Gasteiger partial charge in [0.1, 0.15) is 6.26 Å². The van der Waals surface area contributed by atoms with E-state index in [-0.39, 0.29) is 11.8 Å². The summed E-state index contributed by atoms with van der Waals surface area (Å²) in [4.78, 5) is 22.4. The Kier molecular flexibility index (Phi) is 4.90. The number of hydroxylamine groups is 1. The minimum Gasteiger partial charge on any atom is -0.380 e. The van der Waals surface area contributed by atoms with Crippen LogP contribution in [0.1, 0.15) is 5.56 Å². The van der Waals surface area contributed by atoms with Gasteiger partial charge in [-0.1, -0.05) is 35.9 Å². The number of hydrogen-bond donors (Lipinski definition) is 0. The van der Waals surface area contributed by atoms with Crippen molar-refractivity contribution in [2.45, 2.75) is 6.42 Å². The van der Waals surface area contributed by atoms with Crippen LogP contribution in [-0.2, 0) is 16.1 Å². The molecule has 1 aliphatic rings. The molecule has 0 saturated heterocycles. The van der Waals surface area contributed by atoms with Crippen LogP contribution in [-0.4, -0.2) is 10.9 Å². The first kappa shape index (κ1) is 17.3. The molecule has 0 N–H and O–H groups in total. The number of aromatic nitrogens is 1. The first-order valence-electron chi connectivity index (χ1n) is 8.63. The Balaban J connectivity index is 1.51. The zero-order chi connectivity index (χ0) is 18.6. The minimum absolute atomic E-state index is 0.0934. The molecule has 5 heteroatoms. The summed E-state index contributed by atoms with van der Waals surface area (Å²) in [7, 11) is 0. The maximum atomic E-state index is 12.9. The van der Waals surface area contributed by atoms with Crippen molar-refractivity contribution in [3.8, 4) is 11.1 Å². The highest BCUT2D eigenvalue weighted by molar-refractivity contribution is 6.30. The second-order valence-corrected chi connectivity index (χ2v) is 6.72. The summed E-state index contributed by atoms with van der Waals surface area (Å²) in [6.45, 7) is 0. The fraction of sp³-hybridized carbons (Fsp3) is 0.0909. The van der Waals surface area contributed by atoms with Crippen molar-refractivity contribution >= 4 is 23.2 Å². The van der Waals surface area contributed by atoms with Gasteiger partial charge >= 0.3 is 0 Å². The molecule has 0 fully saturated rings. The topological polar surface area (TPSA) is 42.4 Å². The predicted octanol–water partition coefficient (Wildman–Crippen LogP) is 5.05. The average molecular weight is 377 g/mol. The largest absolute Gasteiger partial charge is 0.380 e. The second-order valence-electron chi connectivity index (χ2n) is 6.29. The number of rotatable bonds is 4. The molecule has 0 spiro atoms. The molecule has 1 aromatic heterocycles. The number of pyridine rings is 1. The predicted molar refractivity (Wildman–Crippen MR) is 106 cm³/mol. The summed E-state index contributed by atoms with van der Waals surface area (Å²) < 4.78 is 0. The molecule has 3 aromatic rings. The zero-order valence-electron chi connectivity index (χ0n) is 14.5. The number of anilines is 1. The molecule has 0 saturated carbocycles. The van der Waals surface area contributed by atoms with Gasteiger partial charge in [0.15, 0.2) is 0 Å². The van der Waals surface area contributed by atoms with E-state index in [4.69, 9.17) is 16.4 Å². The fourth-order valence-corrected chi connectivity index (χ4v) is 3.15. The molecular formula is C22H17ClN2O2. The van der Waals surface area contributed by atoms with Crippen molar-refractivity contribution in [3.63, 3.8) is 0 Å². The molecule has 0 aliphatic carbocycles. The van der Waals surface area contributed by atoms with Crippen LogP contribution < -0.4 is 5.06 Å². The molecule has 0 bridgehead atoms. The van der Waals surface area contributed by atoms with Crippen LogP contribution >= 0.6 is 11.6 Å². The van der Waals surface area contributed by atoms with Gasteiger partial charge in [-0.25, -0.2) is 0 Å². The lowest BCUT2D eigenvalue weighted by atomic mass is 9.97. The van der Waals surface area contributed by atoms with Gasteiger partial charge in [0.2, 0.25) is 0 Å².